The van der Waals surface area contributed by atoms with E-state index < -0.39 is 176 Å². The third-order valence-electron chi connectivity index (χ3n) is 24.7. The first-order valence-electron chi connectivity index (χ1n) is 46.0. The smallest absolute Gasteiger partial charge is 0.407 e. The van der Waals surface area contributed by atoms with E-state index in [2.05, 4.69) is 47.3 Å². The zero-order valence-electron chi connectivity index (χ0n) is 80.0. The largest absolute Gasteiger partial charge is 0.487 e. The van der Waals surface area contributed by atoms with Crippen LogP contribution >= 0.6 is 0 Å². The number of guanidine groups is 1. The fraction of sp³-hybridized carbons (Fsp3) is 0.510. The maximum Gasteiger partial charge on any atom is 0.407 e. The van der Waals surface area contributed by atoms with Crippen LogP contribution in [-0.4, -0.2) is 230 Å². The lowest BCUT2D eigenvalue weighted by Gasteiger charge is -2.37. The van der Waals surface area contributed by atoms with Gasteiger partial charge in [-0.25, -0.2) is 22.7 Å². The number of ether oxygens (including phenoxy) is 6. The molecule has 10 N–H and O–H groups in total. The van der Waals surface area contributed by atoms with Crippen LogP contribution in [0.1, 0.15) is 227 Å². The number of hydrogen-bond donors (Lipinski definition) is 10. The lowest BCUT2D eigenvalue weighted by molar-refractivity contribution is -0.162. The van der Waals surface area contributed by atoms with E-state index in [9.17, 15) is 46.8 Å². The molecule has 0 radical (unpaired) electrons. The molecular formula is C100H131N13O20S. The molecule has 4 aliphatic heterocycles. The lowest BCUT2D eigenvalue weighted by Crippen LogP contribution is -2.62. The number of sulfonamides is 1. The molecule has 10 atom stereocenters. The first-order chi connectivity index (χ1) is 63.1. The van der Waals surface area contributed by atoms with Gasteiger partial charge in [0.15, 0.2) is 5.60 Å². The highest BCUT2D eigenvalue weighted by Crippen LogP contribution is 2.47. The third kappa shape index (κ3) is 24.8. The van der Waals surface area contributed by atoms with Crippen LogP contribution in [0.15, 0.2) is 138 Å². The number of carbonyl (C=O) groups is 12. The van der Waals surface area contributed by atoms with Crippen LogP contribution in [0.5, 0.6) is 5.75 Å². The molecule has 33 nitrogen and oxygen atoms in total. The van der Waals surface area contributed by atoms with Gasteiger partial charge in [-0.1, -0.05) is 121 Å². The number of alkyl carbamates (subject to hydrolysis) is 1. The standard InChI is InChI=1S/C100H131N13O20S/c1-58-59(2)83(60(3)68-49-50-99(16,17)132-82(58)68)134(126,127)110-94(101)103-51-29-41-74(92(123)112-53-31-42-77(112)87(118)105-62(5)91(122)113-54-32-44-79(113)93(124)133-100(65-33-21-19-22-34-65,66-35-23-20-24-36-66)67-47-45-64(46-48-67)84(115)102-18)106-89(120)81(63(6)130-97(10,11)12)109-85(116)75(55-80(114)131-98(13,14)15)107-88(119)78-43-30-52-111(78)90(121)61(4)104-86(117)76(57-129-96(7,8)9)108-95(125)128-56-73-71-39-27-25-37-69(71)70-38-26-28-40-72(70)73/h19-28,33-40,45-48,61-63,73-79,81H,29-32,41-44,49-57H2,1-18H3,(H,102,115)(H,104,117)(H,105,118)(H,106,120)(H,107,119)(H,108,125)(H,109,116)(H3,101,103,110)/t61-,62-,63+,74-,75-,76-,77-,78-,79-,81-/m0/s1. The predicted octanol–water partition coefficient (Wildman–Crippen LogP) is 9.29. The second-order valence-corrected chi connectivity index (χ2v) is 40.3. The summed E-state index contributed by atoms with van der Waals surface area (Å²) < 4.78 is 68.2. The van der Waals surface area contributed by atoms with E-state index in [1.807, 2.05) is 98.8 Å². The molecule has 1 aliphatic carbocycles. The zero-order chi connectivity index (χ0) is 97.9. The molecule has 4 heterocycles. The molecular weight excluding hydrogens is 1740 g/mol. The SMILES string of the molecule is CNC(=O)c1ccc(C(OC(=O)[C@@H]2CCCN2C(=O)[C@H](C)NC(=O)[C@@H]2CCCN2C(=O)[C@H](CCCNC(=N)NS(=O)(=O)c2c(C)c(C)c3c(c2C)CCC(C)(C)O3)NC(=O)[C@@H](NC(=O)[C@H](CC(=O)OC(C)(C)C)NC(=O)[C@@H]2CCCN2C(=O)[C@H](C)NC(=O)[C@H](COC(C)(C)C)NC(=O)OCC2c3ccccc3-c3ccccc32)[C@@H](C)OC(C)(C)C)(c2ccccc2)c2ccccc2)cc1. The molecule has 5 aliphatic rings. The Morgan fingerprint density at radius 3 is 1.62 bits per heavy atom. The second kappa shape index (κ2) is 42.9. The van der Waals surface area contributed by atoms with Gasteiger partial charge in [0.25, 0.3) is 15.9 Å². The van der Waals surface area contributed by atoms with Crippen molar-refractivity contribution in [1.29, 1.82) is 5.41 Å². The fourth-order valence-electron chi connectivity index (χ4n) is 18.2. The van der Waals surface area contributed by atoms with Gasteiger partial charge in [0, 0.05) is 61.4 Å². The highest BCUT2D eigenvalue weighted by atomic mass is 32.2. The van der Waals surface area contributed by atoms with Crippen molar-refractivity contribution in [2.45, 2.75) is 288 Å². The van der Waals surface area contributed by atoms with Crippen LogP contribution in [0.2, 0.25) is 0 Å². The van der Waals surface area contributed by atoms with Crippen molar-refractivity contribution in [1.82, 2.24) is 62.0 Å². The Kier molecular flexibility index (Phi) is 32.8. The summed E-state index contributed by atoms with van der Waals surface area (Å²) in [6, 6.07) is 27.5. The monoisotopic (exact) mass is 1870 g/mol. The second-order valence-electron chi connectivity index (χ2n) is 38.7. The summed E-state index contributed by atoms with van der Waals surface area (Å²) in [5.74, 6) is -9.09. The van der Waals surface area contributed by atoms with E-state index in [0.717, 1.165) is 27.8 Å². The molecule has 0 aromatic heterocycles. The van der Waals surface area contributed by atoms with Crippen molar-refractivity contribution in [3.05, 3.63) is 189 Å². The van der Waals surface area contributed by atoms with E-state index in [4.69, 9.17) is 33.8 Å². The van der Waals surface area contributed by atoms with E-state index in [0.29, 0.717) is 64.0 Å². The number of hydrogen-bond acceptors (Lipinski definition) is 21. The molecule has 3 saturated heterocycles. The number of rotatable bonds is 34. The zero-order valence-corrected chi connectivity index (χ0v) is 80.8. The highest BCUT2D eigenvalue weighted by molar-refractivity contribution is 7.90. The van der Waals surface area contributed by atoms with Crippen molar-refractivity contribution in [3.63, 3.8) is 0 Å². The third-order valence-corrected chi connectivity index (χ3v) is 26.4. The van der Waals surface area contributed by atoms with Gasteiger partial charge in [0.2, 0.25) is 53.2 Å². The normalized spacial score (nSPS) is 18.0. The van der Waals surface area contributed by atoms with Gasteiger partial charge in [-0.3, -0.25) is 53.4 Å². The highest BCUT2D eigenvalue weighted by Gasteiger charge is 2.49. The van der Waals surface area contributed by atoms with Crippen LogP contribution in [0.3, 0.4) is 0 Å². The molecule has 10 amide bonds. The van der Waals surface area contributed by atoms with Gasteiger partial charge >= 0.3 is 18.0 Å². The number of esters is 2. The molecule has 3 fully saturated rings. The molecule has 722 valence electrons. The molecule has 0 bridgehead atoms. The van der Waals surface area contributed by atoms with Gasteiger partial charge in [0.05, 0.1) is 35.2 Å². The molecule has 0 spiro atoms. The Bertz CT molecular complexity index is 5390. The summed E-state index contributed by atoms with van der Waals surface area (Å²) in [5, 5.41) is 30.6. The Labute approximate surface area is 784 Å². The van der Waals surface area contributed by atoms with Crippen molar-refractivity contribution in [3.8, 4) is 16.9 Å². The van der Waals surface area contributed by atoms with Crippen LogP contribution in [-0.2, 0) is 93.7 Å². The van der Waals surface area contributed by atoms with Crippen LogP contribution < -0.4 is 52.0 Å². The van der Waals surface area contributed by atoms with Crippen molar-refractivity contribution >= 4 is 87.2 Å². The van der Waals surface area contributed by atoms with Gasteiger partial charge in [-0.15, -0.1) is 0 Å². The quantitative estimate of drug-likeness (QED) is 0.00449. The number of likely N-dealkylation sites (tertiary alicyclic amines) is 3. The van der Waals surface area contributed by atoms with Crippen molar-refractivity contribution in [2.75, 3.05) is 46.4 Å². The Morgan fingerprint density at radius 2 is 1.07 bits per heavy atom. The molecule has 0 saturated carbocycles. The topological polar surface area (TPSA) is 436 Å². The number of carbonyl (C=O) groups excluding carboxylic acids is 12. The minimum absolute atomic E-state index is 0.00954. The average molecular weight is 1870 g/mol. The lowest BCUT2D eigenvalue weighted by atomic mass is 9.79. The molecule has 34 heteroatoms. The van der Waals surface area contributed by atoms with Gasteiger partial charge < -0.3 is 85.7 Å². The maximum atomic E-state index is 15.7. The number of fused-ring (bicyclic) bond motifs is 4. The number of benzene rings is 6. The van der Waals surface area contributed by atoms with Gasteiger partial charge in [0.1, 0.15) is 77.9 Å². The van der Waals surface area contributed by atoms with E-state index >= 15 is 19.2 Å². The Hall–Kier alpha value is -12.3. The molecule has 0 unspecified atom stereocenters. The molecule has 11 rings (SSSR count). The average Bonchev–Trinajstić information content (AvgIpc) is 1.20. The first-order valence-corrected chi connectivity index (χ1v) is 47.5. The summed E-state index contributed by atoms with van der Waals surface area (Å²) >= 11 is 0. The summed E-state index contributed by atoms with van der Waals surface area (Å²) in [7, 11) is -2.91. The van der Waals surface area contributed by atoms with Crippen LogP contribution in [0, 0.1) is 26.2 Å². The van der Waals surface area contributed by atoms with Crippen molar-refractivity contribution in [2.24, 2.45) is 0 Å². The maximum absolute atomic E-state index is 15.7. The number of nitrogens with zero attached hydrogens (tertiary/aromatic N) is 3. The van der Waals surface area contributed by atoms with E-state index in [-0.39, 0.29) is 101 Å². The minimum atomic E-state index is -4.43. The predicted molar refractivity (Wildman–Crippen MR) is 501 cm³/mol. The van der Waals surface area contributed by atoms with Crippen LogP contribution in [0.4, 0.5) is 4.79 Å². The van der Waals surface area contributed by atoms with Gasteiger partial charge in [-0.05, 0) is 239 Å². The molecule has 6 aromatic carbocycles. The summed E-state index contributed by atoms with van der Waals surface area (Å²) in [4.78, 5) is 180. The Morgan fingerprint density at radius 1 is 0.552 bits per heavy atom. The first kappa shape index (κ1) is 102. The summed E-state index contributed by atoms with van der Waals surface area (Å²) in [6.07, 6.45) is -0.934. The van der Waals surface area contributed by atoms with Crippen LogP contribution in [0.25, 0.3) is 11.1 Å². The Balaban J connectivity index is 0.816. The van der Waals surface area contributed by atoms with Gasteiger partial charge in [-0.2, -0.15) is 0 Å². The molecule has 6 aromatic rings. The minimum Gasteiger partial charge on any atom is -0.487 e. The number of amides is 10. The summed E-state index contributed by atoms with van der Waals surface area (Å²) in [6.45, 7) is 28.0. The van der Waals surface area contributed by atoms with E-state index in [1.54, 1.807) is 132 Å². The molecule has 134 heavy (non-hydrogen) atoms. The summed E-state index contributed by atoms with van der Waals surface area (Å²) in [5.41, 5.74) is 3.22. The van der Waals surface area contributed by atoms with Crippen molar-refractivity contribution < 1.29 is 94.4 Å². The van der Waals surface area contributed by atoms with E-state index in [1.165, 1.54) is 42.5 Å². The fourth-order valence-corrected chi connectivity index (χ4v) is 19.7. The number of nitrogens with one attached hydrogen (secondary N) is 10.